The topological polar surface area (TPSA) is 81.2 Å². The van der Waals surface area contributed by atoms with Crippen LogP contribution >= 0.6 is 11.8 Å². The van der Waals surface area contributed by atoms with E-state index in [-0.39, 0.29) is 35.5 Å². The van der Waals surface area contributed by atoms with Crippen molar-refractivity contribution < 1.29 is 19.5 Å². The second-order valence-corrected chi connectivity index (χ2v) is 12.0. The molecule has 1 unspecified atom stereocenters. The fourth-order valence-electron chi connectivity index (χ4n) is 6.37. The van der Waals surface area contributed by atoms with Crippen molar-refractivity contribution in [3.05, 3.63) is 60.2 Å². The predicted molar refractivity (Wildman–Crippen MR) is 140 cm³/mol. The highest BCUT2D eigenvalue weighted by Gasteiger charge is 2.71. The van der Waals surface area contributed by atoms with Gasteiger partial charge in [-0.15, -0.1) is 11.8 Å². The summed E-state index contributed by atoms with van der Waals surface area (Å²) in [6, 6.07) is 8.59. The predicted octanol–water partition coefficient (Wildman–Crippen LogP) is 2.32. The zero-order valence-corrected chi connectivity index (χ0v) is 21.9. The third-order valence-corrected chi connectivity index (χ3v) is 10.2. The summed E-state index contributed by atoms with van der Waals surface area (Å²) in [5.41, 5.74) is 1.02. The summed E-state index contributed by atoms with van der Waals surface area (Å²) in [6.45, 7) is 5.21. The molecule has 4 aliphatic heterocycles. The lowest BCUT2D eigenvalue weighted by Crippen LogP contribution is -2.57. The Labute approximate surface area is 217 Å². The number of amides is 3. The lowest BCUT2D eigenvalue weighted by Gasteiger charge is -2.40. The highest BCUT2D eigenvalue weighted by molar-refractivity contribution is 8.02. The van der Waals surface area contributed by atoms with Crippen LogP contribution in [0.3, 0.4) is 0 Å². The largest absolute Gasteiger partial charge is 0.394 e. The summed E-state index contributed by atoms with van der Waals surface area (Å²) in [4.78, 5) is 47.3. The molecule has 2 fully saturated rings. The molecule has 36 heavy (non-hydrogen) atoms. The van der Waals surface area contributed by atoms with Gasteiger partial charge >= 0.3 is 0 Å². The number of hydrogen-bond acceptors (Lipinski definition) is 5. The van der Waals surface area contributed by atoms with E-state index in [0.29, 0.717) is 19.6 Å². The van der Waals surface area contributed by atoms with Crippen LogP contribution in [0.1, 0.15) is 25.8 Å². The molecule has 2 saturated heterocycles. The lowest BCUT2D eigenvalue weighted by atomic mass is 9.78. The molecule has 1 aromatic rings. The molecule has 4 aliphatic rings. The highest BCUT2D eigenvalue weighted by atomic mass is 32.2. The zero-order chi connectivity index (χ0) is 25.6. The molecule has 1 N–H and O–H groups in total. The summed E-state index contributed by atoms with van der Waals surface area (Å²) in [5, 5.41) is 10.3. The Balaban J connectivity index is 1.62. The smallest absolute Gasteiger partial charge is 0.247 e. The van der Waals surface area contributed by atoms with Crippen molar-refractivity contribution in [1.82, 2.24) is 14.7 Å². The quantitative estimate of drug-likeness (QED) is 0.596. The van der Waals surface area contributed by atoms with Crippen LogP contribution in [0.5, 0.6) is 0 Å². The Bertz CT molecular complexity index is 1090. The minimum atomic E-state index is -0.853. The van der Waals surface area contributed by atoms with Gasteiger partial charge in [-0.2, -0.15) is 0 Å². The molecule has 1 aromatic carbocycles. The number of fused-ring (bicyclic) bond motifs is 2. The highest BCUT2D eigenvalue weighted by Crippen LogP contribution is 2.61. The number of nitrogens with zero attached hydrogens (tertiary/aromatic N) is 3. The first-order chi connectivity index (χ1) is 17.3. The van der Waals surface area contributed by atoms with E-state index >= 15 is 0 Å². The summed E-state index contributed by atoms with van der Waals surface area (Å²) in [7, 11) is 1.77. The van der Waals surface area contributed by atoms with Crippen molar-refractivity contribution in [2.75, 3.05) is 26.7 Å². The number of benzene rings is 1. The van der Waals surface area contributed by atoms with Crippen LogP contribution in [0.2, 0.25) is 0 Å². The minimum absolute atomic E-state index is 0.00522. The molecule has 0 saturated carbocycles. The van der Waals surface area contributed by atoms with Crippen LogP contribution in [0.15, 0.2) is 54.6 Å². The van der Waals surface area contributed by atoms with Crippen molar-refractivity contribution in [3.63, 3.8) is 0 Å². The van der Waals surface area contributed by atoms with E-state index < -0.39 is 28.7 Å². The van der Waals surface area contributed by atoms with E-state index in [2.05, 4.69) is 0 Å². The van der Waals surface area contributed by atoms with Gasteiger partial charge < -0.3 is 19.8 Å². The number of aliphatic hydroxyl groups is 1. The lowest BCUT2D eigenvalue weighted by molar-refractivity contribution is -0.147. The Hall–Kier alpha value is -2.58. The maximum absolute atomic E-state index is 14.4. The van der Waals surface area contributed by atoms with Crippen LogP contribution in [0, 0.1) is 17.8 Å². The van der Waals surface area contributed by atoms with Gasteiger partial charge in [0.05, 0.1) is 29.2 Å². The normalized spacial score (nSPS) is 33.2. The average Bonchev–Trinajstić information content (AvgIpc) is 3.21. The second kappa shape index (κ2) is 9.71. The molecule has 4 heterocycles. The van der Waals surface area contributed by atoms with Crippen molar-refractivity contribution in [2.24, 2.45) is 17.8 Å². The van der Waals surface area contributed by atoms with Gasteiger partial charge in [-0.05, 0) is 11.5 Å². The van der Waals surface area contributed by atoms with Gasteiger partial charge in [0, 0.05) is 31.9 Å². The van der Waals surface area contributed by atoms with Crippen LogP contribution in [0.4, 0.5) is 0 Å². The van der Waals surface area contributed by atoms with E-state index in [0.717, 1.165) is 12.0 Å². The number of aliphatic hydroxyl groups excluding tert-OH is 1. The number of carbonyl (C=O) groups is 3. The molecule has 192 valence electrons. The van der Waals surface area contributed by atoms with Crippen LogP contribution in [-0.2, 0) is 20.9 Å². The van der Waals surface area contributed by atoms with E-state index in [4.69, 9.17) is 0 Å². The van der Waals surface area contributed by atoms with Gasteiger partial charge in [0.2, 0.25) is 17.7 Å². The molecule has 8 heteroatoms. The maximum atomic E-state index is 14.4. The Kier molecular flexibility index (Phi) is 6.76. The number of hydrogen-bond donors (Lipinski definition) is 1. The number of likely N-dealkylation sites (tertiary alicyclic amines) is 1. The number of rotatable bonds is 6. The first-order valence-electron chi connectivity index (χ1n) is 12.9. The third-order valence-electron chi connectivity index (χ3n) is 8.44. The van der Waals surface area contributed by atoms with Gasteiger partial charge in [0.25, 0.3) is 0 Å². The molecule has 7 nitrogen and oxygen atoms in total. The van der Waals surface area contributed by atoms with Crippen molar-refractivity contribution in [3.8, 4) is 0 Å². The van der Waals surface area contributed by atoms with Crippen molar-refractivity contribution in [2.45, 2.75) is 48.9 Å². The van der Waals surface area contributed by atoms with Crippen molar-refractivity contribution in [1.29, 1.82) is 0 Å². The molecule has 0 radical (unpaired) electrons. The number of likely N-dealkylation sites (N-methyl/N-ethyl adjacent to an activating group) is 1. The molecule has 0 aliphatic carbocycles. The van der Waals surface area contributed by atoms with Gasteiger partial charge in [-0.3, -0.25) is 14.4 Å². The van der Waals surface area contributed by atoms with Crippen LogP contribution in [-0.4, -0.2) is 86.4 Å². The fraction of sp³-hybridized carbons (Fsp3) is 0.536. The average molecular weight is 510 g/mol. The Morgan fingerprint density at radius 3 is 2.53 bits per heavy atom. The standard InChI is InChI=1S/C28H35N3O4S/c1-4-18(2)20(17-32)31-24-27(35)30(16-19-10-6-5-7-11-19)15-9-13-28(24)23(26(31)34)22-21(36-28)12-8-14-29(3)25(22)33/h5-13,18,20-24,32H,4,14-17H2,1-3H3/t18-,20-,21+,22-,23-,24?,28-/m0/s1. The van der Waals surface area contributed by atoms with Gasteiger partial charge in [0.15, 0.2) is 0 Å². The second-order valence-electron chi connectivity index (χ2n) is 10.5. The summed E-state index contributed by atoms with van der Waals surface area (Å²) in [6.07, 6.45) is 8.83. The molecular weight excluding hydrogens is 474 g/mol. The Morgan fingerprint density at radius 2 is 1.83 bits per heavy atom. The molecule has 0 bridgehead atoms. The zero-order valence-electron chi connectivity index (χ0n) is 21.1. The Morgan fingerprint density at radius 1 is 1.08 bits per heavy atom. The fourth-order valence-corrected chi connectivity index (χ4v) is 8.36. The number of carbonyl (C=O) groups excluding carboxylic acids is 3. The van der Waals surface area contributed by atoms with E-state index in [1.165, 1.54) is 0 Å². The summed E-state index contributed by atoms with van der Waals surface area (Å²) in [5.74, 6) is -1.53. The minimum Gasteiger partial charge on any atom is -0.394 e. The molecule has 1 spiro atoms. The summed E-state index contributed by atoms with van der Waals surface area (Å²) >= 11 is 1.58. The number of thioether (sulfide) groups is 1. The third kappa shape index (κ3) is 3.80. The van der Waals surface area contributed by atoms with E-state index in [9.17, 15) is 19.5 Å². The van der Waals surface area contributed by atoms with Gasteiger partial charge in [-0.25, -0.2) is 0 Å². The molecule has 0 aromatic heterocycles. The van der Waals surface area contributed by atoms with E-state index in [1.807, 2.05) is 68.5 Å². The van der Waals surface area contributed by atoms with Gasteiger partial charge in [0.1, 0.15) is 6.04 Å². The molecule has 5 rings (SSSR count). The first kappa shape index (κ1) is 25.1. The first-order valence-corrected chi connectivity index (χ1v) is 13.7. The summed E-state index contributed by atoms with van der Waals surface area (Å²) < 4.78 is -0.853. The monoisotopic (exact) mass is 509 g/mol. The maximum Gasteiger partial charge on any atom is 0.247 e. The van der Waals surface area contributed by atoms with E-state index in [1.54, 1.807) is 33.5 Å². The molecule has 3 amide bonds. The molecule has 7 atom stereocenters. The van der Waals surface area contributed by atoms with Crippen LogP contribution < -0.4 is 0 Å². The van der Waals surface area contributed by atoms with Gasteiger partial charge in [-0.1, -0.05) is 74.9 Å². The SMILES string of the molecule is CC[C@H](C)[C@H](CO)N1C(=O)[C@@H]2[C@H]3C(=O)N(C)CC=C[C@H]3S[C@@]23C=CCN(Cc2ccccc2)C(=O)C13. The van der Waals surface area contributed by atoms with Crippen molar-refractivity contribution >= 4 is 29.5 Å². The molecular formula is C28H35N3O4S. The van der Waals surface area contributed by atoms with Crippen LogP contribution in [0.25, 0.3) is 0 Å².